The Kier molecular flexibility index (Phi) is 9.21. The van der Waals surface area contributed by atoms with Crippen molar-refractivity contribution in [1.82, 2.24) is 10.0 Å². The van der Waals surface area contributed by atoms with E-state index in [1.54, 1.807) is 62.4 Å². The van der Waals surface area contributed by atoms with E-state index in [0.717, 1.165) is 0 Å². The maximum Gasteiger partial charge on any atom is 0.332 e. The zero-order chi connectivity index (χ0) is 29.9. The maximum absolute atomic E-state index is 14.4. The summed E-state index contributed by atoms with van der Waals surface area (Å²) in [5.41, 5.74) is 2.15. The molecule has 2 aliphatic heterocycles. The van der Waals surface area contributed by atoms with E-state index in [0.29, 0.717) is 32.6 Å². The second-order valence-electron chi connectivity index (χ2n) is 9.37. The van der Waals surface area contributed by atoms with E-state index in [-0.39, 0.29) is 23.2 Å². The number of carbonyl (C=O) groups excluding carboxylic acids is 2. The second-order valence-corrected chi connectivity index (χ2v) is 12.1. The highest BCUT2D eigenvalue weighted by atomic mass is 35.5. The highest BCUT2D eigenvalue weighted by molar-refractivity contribution is 8.19. The van der Waals surface area contributed by atoms with Gasteiger partial charge in [-0.25, -0.2) is 18.0 Å². The summed E-state index contributed by atoms with van der Waals surface area (Å²) in [6.45, 7) is 3.58. The third-order valence-electron chi connectivity index (χ3n) is 6.71. The molecule has 0 spiro atoms. The van der Waals surface area contributed by atoms with Crippen molar-refractivity contribution in [2.45, 2.75) is 25.7 Å². The molecule has 0 radical (unpaired) electrons. The first-order chi connectivity index (χ1) is 19.4. The number of hydrazone groups is 2. The van der Waals surface area contributed by atoms with Crippen molar-refractivity contribution in [2.24, 2.45) is 10.2 Å². The van der Waals surface area contributed by atoms with Gasteiger partial charge in [0, 0.05) is 33.6 Å². The first-order valence-corrected chi connectivity index (χ1v) is 14.7. The molecule has 0 bridgehead atoms. The molecule has 2 aromatic carbocycles. The Morgan fingerprint density at radius 3 is 1.41 bits per heavy atom. The molecule has 0 aromatic heterocycles. The maximum atomic E-state index is 14.4. The van der Waals surface area contributed by atoms with E-state index in [4.69, 9.17) is 32.7 Å². The van der Waals surface area contributed by atoms with Crippen LogP contribution in [-0.4, -0.2) is 67.8 Å². The van der Waals surface area contributed by atoms with Gasteiger partial charge in [0.1, 0.15) is 0 Å². The molecule has 0 amide bonds. The molecule has 0 N–H and O–H groups in total. The molecule has 2 atom stereocenters. The van der Waals surface area contributed by atoms with Gasteiger partial charge in [-0.2, -0.15) is 10.2 Å². The Bertz CT molecular complexity index is 1460. The number of esters is 2. The Balaban J connectivity index is 1.84. The largest absolute Gasteiger partial charge is 0.466 e. The average Bonchev–Trinajstić information content (AvgIpc) is 3.61. The number of allylic oxidation sites excluding steroid dienone is 2. The molecular weight excluding hydrogens is 591 g/mol. The van der Waals surface area contributed by atoms with E-state index in [9.17, 15) is 18.0 Å². The van der Waals surface area contributed by atoms with E-state index < -0.39 is 33.6 Å². The van der Waals surface area contributed by atoms with Crippen LogP contribution in [0.1, 0.15) is 36.8 Å². The molecular formula is C28H28Cl2N4O6S. The summed E-state index contributed by atoms with van der Waals surface area (Å²) in [5, 5.41) is 12.6. The van der Waals surface area contributed by atoms with Gasteiger partial charge in [0.25, 0.3) is 0 Å². The summed E-state index contributed by atoms with van der Waals surface area (Å²) in [5.74, 6) is -2.56. The predicted octanol–water partition coefficient (Wildman–Crippen LogP) is 4.69. The monoisotopic (exact) mass is 618 g/mol. The predicted molar refractivity (Wildman–Crippen MR) is 157 cm³/mol. The van der Waals surface area contributed by atoms with Crippen molar-refractivity contribution in [1.29, 1.82) is 0 Å². The van der Waals surface area contributed by atoms with E-state index in [1.165, 1.54) is 36.4 Å². The number of sulfone groups is 1. The van der Waals surface area contributed by atoms with Gasteiger partial charge >= 0.3 is 11.9 Å². The minimum absolute atomic E-state index is 0.133. The number of hydrogen-bond acceptors (Lipinski definition) is 10. The Hall–Kier alpha value is -3.67. The number of halogens is 2. The van der Waals surface area contributed by atoms with Gasteiger partial charge in [-0.3, -0.25) is 10.0 Å². The third-order valence-corrected chi connectivity index (χ3v) is 9.05. The van der Waals surface area contributed by atoms with Crippen molar-refractivity contribution < 1.29 is 27.5 Å². The normalized spacial score (nSPS) is 19.7. The van der Waals surface area contributed by atoms with Crippen molar-refractivity contribution in [3.8, 4) is 0 Å². The van der Waals surface area contributed by atoms with E-state index >= 15 is 0 Å². The lowest BCUT2D eigenvalue weighted by atomic mass is 10.0. The third kappa shape index (κ3) is 6.64. The van der Waals surface area contributed by atoms with Crippen LogP contribution in [0.5, 0.6) is 0 Å². The molecule has 4 rings (SSSR count). The van der Waals surface area contributed by atoms with Crippen LogP contribution in [-0.2, 0) is 28.9 Å². The number of nitrogens with zero attached hydrogens (tertiary/aromatic N) is 4. The molecule has 2 aromatic rings. The van der Waals surface area contributed by atoms with Crippen molar-refractivity contribution in [3.63, 3.8) is 0 Å². The smallest absolute Gasteiger partial charge is 0.332 e. The zero-order valence-electron chi connectivity index (χ0n) is 22.7. The van der Waals surface area contributed by atoms with E-state index in [1.807, 2.05) is 0 Å². The molecule has 216 valence electrons. The van der Waals surface area contributed by atoms with Gasteiger partial charge in [0.2, 0.25) is 9.84 Å². The van der Waals surface area contributed by atoms with Crippen molar-refractivity contribution in [3.05, 3.63) is 93.2 Å². The fraction of sp³-hybridized carbons (Fsp3) is 0.286. The summed E-state index contributed by atoms with van der Waals surface area (Å²) in [7, 11) is -1.78. The first-order valence-electron chi connectivity index (χ1n) is 12.4. The summed E-state index contributed by atoms with van der Waals surface area (Å²) in [6, 6.07) is 13.7. The Morgan fingerprint density at radius 2 is 1.10 bits per heavy atom. The van der Waals surface area contributed by atoms with Crippen LogP contribution in [0.15, 0.2) is 82.3 Å². The van der Waals surface area contributed by atoms with Crippen LogP contribution in [0.4, 0.5) is 0 Å². The number of methoxy groups -OCH3 is 2. The summed E-state index contributed by atoms with van der Waals surface area (Å²) < 4.78 is 38.3. The van der Waals surface area contributed by atoms with Crippen LogP contribution < -0.4 is 0 Å². The average molecular weight is 620 g/mol. The van der Waals surface area contributed by atoms with Gasteiger partial charge in [0.15, 0.2) is 10.1 Å². The lowest BCUT2D eigenvalue weighted by Gasteiger charge is -2.18. The number of rotatable bonds is 6. The minimum Gasteiger partial charge on any atom is -0.466 e. The molecule has 41 heavy (non-hydrogen) atoms. The molecule has 0 aliphatic carbocycles. The summed E-state index contributed by atoms with van der Waals surface area (Å²) in [6.07, 6.45) is 2.48. The van der Waals surface area contributed by atoms with Crippen molar-refractivity contribution in [2.75, 3.05) is 27.3 Å². The second kappa shape index (κ2) is 12.5. The van der Waals surface area contributed by atoms with Crippen LogP contribution in [0, 0.1) is 0 Å². The number of carbonyl (C=O) groups is 2. The number of hydrogen-bond donors (Lipinski definition) is 0. The Labute approximate surface area is 248 Å². The topological polar surface area (TPSA) is 118 Å². The minimum atomic E-state index is -4.29. The van der Waals surface area contributed by atoms with Gasteiger partial charge in [-0.1, -0.05) is 47.5 Å². The van der Waals surface area contributed by atoms with Gasteiger partial charge in [0.05, 0.1) is 39.1 Å². The number of benzene rings is 2. The van der Waals surface area contributed by atoms with Gasteiger partial charge in [-0.05, 0) is 49.2 Å². The molecule has 13 heteroatoms. The van der Waals surface area contributed by atoms with Gasteiger partial charge < -0.3 is 9.47 Å². The number of ether oxygens (including phenoxy) is 2. The summed E-state index contributed by atoms with van der Waals surface area (Å²) in [4.78, 5) is 23.8. The molecule has 2 unspecified atom stereocenters. The molecule has 10 nitrogen and oxygen atoms in total. The highest BCUT2D eigenvalue weighted by Gasteiger charge is 2.45. The Morgan fingerprint density at radius 1 is 0.756 bits per heavy atom. The molecule has 2 heterocycles. The van der Waals surface area contributed by atoms with Crippen LogP contribution in [0.25, 0.3) is 0 Å². The SMILES string of the molecule is COC(=O)/C=C(\C)N1CC(c2ccc(Cl)cc2)C(S(=O)(=O)C2=NN(/C(C)=C/C(=O)OC)CC2c2ccc(Cl)cc2)=N1. The fourth-order valence-corrected chi connectivity index (χ4v) is 6.54. The van der Waals surface area contributed by atoms with Crippen LogP contribution in [0.2, 0.25) is 10.0 Å². The van der Waals surface area contributed by atoms with Crippen LogP contribution in [0.3, 0.4) is 0 Å². The first kappa shape index (κ1) is 30.3. The quantitative estimate of drug-likeness (QED) is 0.338. The lowest BCUT2D eigenvalue weighted by Crippen LogP contribution is -2.31. The fourth-order valence-electron chi connectivity index (χ4n) is 4.49. The molecule has 0 fully saturated rings. The highest BCUT2D eigenvalue weighted by Crippen LogP contribution is 2.36. The van der Waals surface area contributed by atoms with E-state index in [2.05, 4.69) is 10.2 Å². The van der Waals surface area contributed by atoms with Crippen molar-refractivity contribution >= 4 is 55.1 Å². The standard InChI is InChI=1S/C28H28Cl2N4O6S/c1-17(13-25(35)39-3)33-15-23(19-5-9-21(29)10-6-19)27(31-33)41(37,38)28-24(20-7-11-22(30)12-8-20)16-34(32-28)18(2)14-26(36)40-4/h5-14,23-24H,15-16H2,1-4H3/b17-13+,18-14+. The molecule has 0 saturated carbocycles. The molecule has 0 saturated heterocycles. The van der Waals surface area contributed by atoms with Gasteiger partial charge in [-0.15, -0.1) is 0 Å². The summed E-state index contributed by atoms with van der Waals surface area (Å²) >= 11 is 12.2. The molecule has 2 aliphatic rings. The van der Waals surface area contributed by atoms with Crippen LogP contribution >= 0.6 is 23.2 Å². The zero-order valence-corrected chi connectivity index (χ0v) is 25.1. The lowest BCUT2D eigenvalue weighted by molar-refractivity contribution is -0.135.